The van der Waals surface area contributed by atoms with Gasteiger partial charge in [0.1, 0.15) is 5.75 Å². The Kier molecular flexibility index (Phi) is 3.97. The molecule has 144 valence electrons. The van der Waals surface area contributed by atoms with E-state index in [1.807, 2.05) is 30.0 Å². The van der Waals surface area contributed by atoms with Crippen LogP contribution in [0.25, 0.3) is 0 Å². The molecule has 6 heteroatoms. The summed E-state index contributed by atoms with van der Waals surface area (Å²) in [5.41, 5.74) is -0.184. The third-order valence-electron chi connectivity index (χ3n) is 7.12. The number of para-hydroxylation sites is 1. The standard InChI is InChI=1S/C21H26N2O3S/c1-20-7-6-14(12-16(20)19(25)23-8-10-27-11-9-23)21(13-20)22-18(24)15-4-2-3-5-17(15)26-21/h2-5,14,16H,6-13H2,1H3,(H,22,24)/t14-,16-,20-,21+/m1/s1. The van der Waals surface area contributed by atoms with E-state index in [0.29, 0.717) is 23.6 Å². The van der Waals surface area contributed by atoms with Crippen molar-refractivity contribution in [3.8, 4) is 5.75 Å². The third-order valence-corrected chi connectivity index (χ3v) is 8.06. The molecule has 3 saturated carbocycles. The van der Waals surface area contributed by atoms with Gasteiger partial charge in [0.15, 0.2) is 5.72 Å². The van der Waals surface area contributed by atoms with Gasteiger partial charge in [-0.2, -0.15) is 11.8 Å². The van der Waals surface area contributed by atoms with Crippen molar-refractivity contribution in [1.29, 1.82) is 0 Å². The molecule has 4 fully saturated rings. The molecule has 6 rings (SSSR count). The van der Waals surface area contributed by atoms with Crippen LogP contribution in [-0.2, 0) is 4.79 Å². The van der Waals surface area contributed by atoms with E-state index in [0.717, 1.165) is 43.9 Å². The van der Waals surface area contributed by atoms with Crippen LogP contribution in [0.4, 0.5) is 0 Å². The molecule has 2 bridgehead atoms. The summed E-state index contributed by atoms with van der Waals surface area (Å²) in [6, 6.07) is 7.46. The minimum Gasteiger partial charge on any atom is -0.467 e. The second-order valence-electron chi connectivity index (χ2n) is 8.73. The second kappa shape index (κ2) is 6.16. The number of carbonyl (C=O) groups is 2. The summed E-state index contributed by atoms with van der Waals surface area (Å²) >= 11 is 1.93. The normalized spacial score (nSPS) is 37.5. The number of amides is 2. The van der Waals surface area contributed by atoms with Gasteiger partial charge in [0.25, 0.3) is 5.91 Å². The Hall–Kier alpha value is -1.69. The molecule has 1 N–H and O–H groups in total. The summed E-state index contributed by atoms with van der Waals surface area (Å²) < 4.78 is 6.44. The maximum absolute atomic E-state index is 13.3. The van der Waals surface area contributed by atoms with Crippen LogP contribution >= 0.6 is 11.8 Å². The second-order valence-corrected chi connectivity index (χ2v) is 9.96. The number of nitrogens with zero attached hydrogens (tertiary/aromatic N) is 1. The summed E-state index contributed by atoms with van der Waals surface area (Å²) in [6.45, 7) is 3.96. The van der Waals surface area contributed by atoms with Crippen molar-refractivity contribution in [1.82, 2.24) is 10.2 Å². The SMILES string of the molecule is C[C@]12CC[C@H](C[C@@H]1C(=O)N1CCSCC1)[C@@]1(C2)NC(=O)c2ccccc2O1. The minimum absolute atomic E-state index is 0.0441. The summed E-state index contributed by atoms with van der Waals surface area (Å²) in [7, 11) is 0. The molecule has 5 aliphatic rings. The highest BCUT2D eigenvalue weighted by Crippen LogP contribution is 2.59. The largest absolute Gasteiger partial charge is 0.467 e. The lowest BCUT2D eigenvalue weighted by molar-refractivity contribution is -0.174. The average Bonchev–Trinajstić information content (AvgIpc) is 2.68. The fraction of sp³-hybridized carbons (Fsp3) is 0.619. The quantitative estimate of drug-likeness (QED) is 0.806. The van der Waals surface area contributed by atoms with Crippen molar-refractivity contribution in [2.24, 2.45) is 17.3 Å². The van der Waals surface area contributed by atoms with Crippen molar-refractivity contribution in [3.63, 3.8) is 0 Å². The highest BCUT2D eigenvalue weighted by molar-refractivity contribution is 7.99. The first-order valence-electron chi connectivity index (χ1n) is 9.98. The Morgan fingerprint density at radius 3 is 2.85 bits per heavy atom. The number of carbonyl (C=O) groups excluding carboxylic acids is 2. The molecule has 2 amide bonds. The third kappa shape index (κ3) is 2.67. The van der Waals surface area contributed by atoms with E-state index in [1.54, 1.807) is 6.07 Å². The molecule has 27 heavy (non-hydrogen) atoms. The van der Waals surface area contributed by atoms with Crippen LogP contribution < -0.4 is 10.1 Å². The van der Waals surface area contributed by atoms with Gasteiger partial charge in [0, 0.05) is 42.9 Å². The van der Waals surface area contributed by atoms with Crippen LogP contribution in [0.1, 0.15) is 43.0 Å². The summed E-state index contributed by atoms with van der Waals surface area (Å²) in [6.07, 6.45) is 3.54. The monoisotopic (exact) mass is 386 g/mol. The number of ether oxygens (including phenoxy) is 1. The van der Waals surface area contributed by atoms with Gasteiger partial charge in [-0.1, -0.05) is 19.1 Å². The predicted molar refractivity (Wildman–Crippen MR) is 105 cm³/mol. The first-order valence-corrected chi connectivity index (χ1v) is 11.1. The fourth-order valence-electron chi connectivity index (χ4n) is 5.64. The Morgan fingerprint density at radius 1 is 1.30 bits per heavy atom. The van der Waals surface area contributed by atoms with Crippen molar-refractivity contribution in [2.75, 3.05) is 24.6 Å². The molecule has 1 saturated heterocycles. The van der Waals surface area contributed by atoms with Gasteiger partial charge in [-0.05, 0) is 36.8 Å². The number of rotatable bonds is 1. The van der Waals surface area contributed by atoms with Crippen molar-refractivity contribution >= 4 is 23.6 Å². The number of benzene rings is 1. The van der Waals surface area contributed by atoms with Gasteiger partial charge >= 0.3 is 0 Å². The van der Waals surface area contributed by atoms with Gasteiger partial charge in [-0.15, -0.1) is 0 Å². The molecule has 3 aliphatic carbocycles. The van der Waals surface area contributed by atoms with Crippen LogP contribution in [-0.4, -0.2) is 47.0 Å². The van der Waals surface area contributed by atoms with E-state index in [-0.39, 0.29) is 23.2 Å². The molecular weight excluding hydrogens is 360 g/mol. The summed E-state index contributed by atoms with van der Waals surface area (Å²) in [5, 5.41) is 3.19. The molecule has 2 aliphatic heterocycles. The van der Waals surface area contributed by atoms with Gasteiger partial charge in [-0.3, -0.25) is 9.59 Å². The molecule has 4 atom stereocenters. The molecule has 1 aromatic rings. The molecule has 1 spiro atoms. The fourth-order valence-corrected chi connectivity index (χ4v) is 6.54. The van der Waals surface area contributed by atoms with E-state index in [9.17, 15) is 9.59 Å². The van der Waals surface area contributed by atoms with Crippen LogP contribution in [0.15, 0.2) is 24.3 Å². The molecule has 0 aromatic heterocycles. The van der Waals surface area contributed by atoms with Crippen LogP contribution in [0.5, 0.6) is 5.75 Å². The topological polar surface area (TPSA) is 58.6 Å². The zero-order valence-electron chi connectivity index (χ0n) is 15.7. The Bertz CT molecular complexity index is 793. The lowest BCUT2D eigenvalue weighted by atomic mass is 9.52. The predicted octanol–water partition coefficient (Wildman–Crippen LogP) is 2.91. The van der Waals surface area contributed by atoms with E-state index in [1.165, 1.54) is 0 Å². The van der Waals surface area contributed by atoms with E-state index < -0.39 is 5.72 Å². The average molecular weight is 387 g/mol. The number of nitrogens with one attached hydrogen (secondary N) is 1. The number of hydrogen-bond acceptors (Lipinski definition) is 4. The van der Waals surface area contributed by atoms with E-state index >= 15 is 0 Å². The van der Waals surface area contributed by atoms with Crippen LogP contribution in [0.2, 0.25) is 0 Å². The van der Waals surface area contributed by atoms with Gasteiger partial charge in [0.2, 0.25) is 5.91 Å². The van der Waals surface area contributed by atoms with Crippen molar-refractivity contribution in [2.45, 2.75) is 38.3 Å². The Morgan fingerprint density at radius 2 is 2.07 bits per heavy atom. The maximum atomic E-state index is 13.3. The lowest BCUT2D eigenvalue weighted by Crippen LogP contribution is -2.69. The van der Waals surface area contributed by atoms with Gasteiger partial charge in [-0.25, -0.2) is 0 Å². The van der Waals surface area contributed by atoms with E-state index in [2.05, 4.69) is 17.1 Å². The van der Waals surface area contributed by atoms with Gasteiger partial charge < -0.3 is 15.0 Å². The molecule has 2 heterocycles. The van der Waals surface area contributed by atoms with Crippen molar-refractivity contribution < 1.29 is 14.3 Å². The highest BCUT2D eigenvalue weighted by atomic mass is 32.2. The highest BCUT2D eigenvalue weighted by Gasteiger charge is 2.62. The molecule has 0 unspecified atom stereocenters. The number of hydrogen-bond donors (Lipinski definition) is 1. The maximum Gasteiger partial charge on any atom is 0.258 e. The Balaban J connectivity index is 1.43. The summed E-state index contributed by atoms with van der Waals surface area (Å²) in [4.78, 5) is 28.1. The first-order chi connectivity index (χ1) is 13.0. The smallest absolute Gasteiger partial charge is 0.258 e. The van der Waals surface area contributed by atoms with E-state index in [4.69, 9.17) is 4.74 Å². The lowest BCUT2D eigenvalue weighted by Gasteiger charge is -2.60. The zero-order chi connectivity index (χ0) is 18.6. The number of thioether (sulfide) groups is 1. The van der Waals surface area contributed by atoms with Gasteiger partial charge in [0.05, 0.1) is 5.56 Å². The zero-order valence-corrected chi connectivity index (χ0v) is 16.5. The van der Waals surface area contributed by atoms with Crippen molar-refractivity contribution in [3.05, 3.63) is 29.8 Å². The minimum atomic E-state index is -0.660. The summed E-state index contributed by atoms with van der Waals surface area (Å²) in [5.74, 6) is 3.25. The molecule has 1 aromatic carbocycles. The Labute approximate surface area is 164 Å². The van der Waals surface area contributed by atoms with Crippen LogP contribution in [0.3, 0.4) is 0 Å². The van der Waals surface area contributed by atoms with Crippen LogP contribution in [0, 0.1) is 17.3 Å². The molecular formula is C21H26N2O3S. The number of fused-ring (bicyclic) bond motifs is 3. The first kappa shape index (κ1) is 17.4. The molecule has 0 radical (unpaired) electrons. The molecule has 5 nitrogen and oxygen atoms in total.